The van der Waals surface area contributed by atoms with E-state index in [2.05, 4.69) is 51.1 Å². The molecule has 0 radical (unpaired) electrons. The zero-order valence-electron chi connectivity index (χ0n) is 20.2. The molecular formula is C30H40O2. The minimum atomic E-state index is -0.294. The largest absolute Gasteiger partial charge is 0.423 e. The molecule has 2 nitrogen and oxygen atoms in total. The SMILES string of the molecule is CCCCc1ccc(OC(=O)c2ccc(C3=CCC(CCC(CC)CC)CC3)cc2)cc1. The van der Waals surface area contributed by atoms with Gasteiger partial charge in [-0.15, -0.1) is 0 Å². The smallest absolute Gasteiger partial charge is 0.343 e. The molecule has 0 amide bonds. The summed E-state index contributed by atoms with van der Waals surface area (Å²) in [5.41, 5.74) is 4.55. The number of hydrogen-bond acceptors (Lipinski definition) is 2. The van der Waals surface area contributed by atoms with Crippen LogP contribution in [0.4, 0.5) is 0 Å². The quantitative estimate of drug-likeness (QED) is 0.262. The number of allylic oxidation sites excluding steroid dienone is 2. The number of rotatable bonds is 11. The minimum Gasteiger partial charge on any atom is -0.423 e. The first-order valence-corrected chi connectivity index (χ1v) is 12.7. The van der Waals surface area contributed by atoms with E-state index in [1.807, 2.05) is 24.3 Å². The third-order valence-corrected chi connectivity index (χ3v) is 7.10. The van der Waals surface area contributed by atoms with E-state index in [0.717, 1.165) is 24.7 Å². The van der Waals surface area contributed by atoms with Crippen molar-refractivity contribution in [1.29, 1.82) is 0 Å². The number of benzene rings is 2. The van der Waals surface area contributed by atoms with Gasteiger partial charge in [0.05, 0.1) is 5.56 Å². The molecule has 2 aromatic rings. The van der Waals surface area contributed by atoms with E-state index in [-0.39, 0.29) is 5.97 Å². The molecule has 0 saturated carbocycles. The van der Waals surface area contributed by atoms with Crippen molar-refractivity contribution in [1.82, 2.24) is 0 Å². The molecule has 0 heterocycles. The van der Waals surface area contributed by atoms with Crippen LogP contribution in [0.5, 0.6) is 5.75 Å². The van der Waals surface area contributed by atoms with Gasteiger partial charge in [0.1, 0.15) is 5.75 Å². The van der Waals surface area contributed by atoms with Crippen molar-refractivity contribution < 1.29 is 9.53 Å². The monoisotopic (exact) mass is 432 g/mol. The van der Waals surface area contributed by atoms with E-state index in [1.165, 1.54) is 68.1 Å². The lowest BCUT2D eigenvalue weighted by atomic mass is 9.82. The second-order valence-corrected chi connectivity index (χ2v) is 9.34. The fourth-order valence-electron chi connectivity index (χ4n) is 4.67. The summed E-state index contributed by atoms with van der Waals surface area (Å²) in [6.45, 7) is 6.83. The van der Waals surface area contributed by atoms with E-state index < -0.39 is 0 Å². The highest BCUT2D eigenvalue weighted by molar-refractivity contribution is 5.91. The molecule has 0 fully saturated rings. The fourth-order valence-corrected chi connectivity index (χ4v) is 4.67. The van der Waals surface area contributed by atoms with Gasteiger partial charge in [0, 0.05) is 0 Å². The van der Waals surface area contributed by atoms with Gasteiger partial charge in [0.15, 0.2) is 0 Å². The number of unbranched alkanes of at least 4 members (excludes halogenated alkanes) is 1. The van der Waals surface area contributed by atoms with Crippen molar-refractivity contribution in [3.8, 4) is 5.75 Å². The van der Waals surface area contributed by atoms with Crippen LogP contribution in [0.25, 0.3) is 5.57 Å². The van der Waals surface area contributed by atoms with E-state index >= 15 is 0 Å². The highest BCUT2D eigenvalue weighted by atomic mass is 16.5. The average Bonchev–Trinajstić information content (AvgIpc) is 2.85. The maximum Gasteiger partial charge on any atom is 0.343 e. The van der Waals surface area contributed by atoms with Gasteiger partial charge in [-0.2, -0.15) is 0 Å². The molecule has 0 bridgehead atoms. The minimum absolute atomic E-state index is 0.294. The van der Waals surface area contributed by atoms with Crippen LogP contribution in [0, 0.1) is 11.8 Å². The second-order valence-electron chi connectivity index (χ2n) is 9.34. The van der Waals surface area contributed by atoms with Crippen molar-refractivity contribution in [2.75, 3.05) is 0 Å². The molecule has 1 aliphatic carbocycles. The van der Waals surface area contributed by atoms with Crippen LogP contribution in [0.1, 0.15) is 100 Å². The molecule has 0 aliphatic heterocycles. The van der Waals surface area contributed by atoms with E-state index in [0.29, 0.717) is 11.3 Å². The first kappa shape index (κ1) is 24.3. The third kappa shape index (κ3) is 7.08. The van der Waals surface area contributed by atoms with E-state index in [9.17, 15) is 4.79 Å². The Morgan fingerprint density at radius 3 is 2.31 bits per heavy atom. The molecule has 1 aliphatic rings. The Morgan fingerprint density at radius 2 is 1.72 bits per heavy atom. The first-order chi connectivity index (χ1) is 15.6. The molecular weight excluding hydrogens is 392 g/mol. The Labute approximate surface area is 195 Å². The van der Waals surface area contributed by atoms with Gasteiger partial charge in [-0.05, 0) is 91.3 Å². The summed E-state index contributed by atoms with van der Waals surface area (Å²) in [5.74, 6) is 2.04. The number of esters is 1. The number of carbonyl (C=O) groups excluding carboxylic acids is 1. The molecule has 0 spiro atoms. The molecule has 0 aromatic heterocycles. The van der Waals surface area contributed by atoms with Crippen LogP contribution in [0.3, 0.4) is 0 Å². The molecule has 1 atom stereocenters. The highest BCUT2D eigenvalue weighted by Crippen LogP contribution is 2.34. The van der Waals surface area contributed by atoms with Crippen molar-refractivity contribution in [3.63, 3.8) is 0 Å². The van der Waals surface area contributed by atoms with Crippen LogP contribution in [0.2, 0.25) is 0 Å². The summed E-state index contributed by atoms with van der Waals surface area (Å²) in [6, 6.07) is 15.8. The van der Waals surface area contributed by atoms with Crippen LogP contribution in [-0.2, 0) is 6.42 Å². The topological polar surface area (TPSA) is 26.3 Å². The average molecular weight is 433 g/mol. The van der Waals surface area contributed by atoms with Crippen molar-refractivity contribution in [3.05, 3.63) is 71.3 Å². The van der Waals surface area contributed by atoms with Gasteiger partial charge >= 0.3 is 5.97 Å². The molecule has 0 N–H and O–H groups in total. The van der Waals surface area contributed by atoms with Crippen molar-refractivity contribution >= 4 is 11.5 Å². The van der Waals surface area contributed by atoms with E-state index in [4.69, 9.17) is 4.74 Å². The summed E-state index contributed by atoms with van der Waals surface area (Å²) >= 11 is 0. The summed E-state index contributed by atoms with van der Waals surface area (Å²) in [6.07, 6.45) is 14.8. The maximum absolute atomic E-state index is 12.5. The van der Waals surface area contributed by atoms with Gasteiger partial charge in [0.25, 0.3) is 0 Å². The van der Waals surface area contributed by atoms with Gasteiger partial charge in [-0.3, -0.25) is 0 Å². The Hall–Kier alpha value is -2.35. The number of hydrogen-bond donors (Lipinski definition) is 0. The molecule has 3 rings (SSSR count). The van der Waals surface area contributed by atoms with Gasteiger partial charge in [-0.25, -0.2) is 4.79 Å². The Morgan fingerprint density at radius 1 is 1.00 bits per heavy atom. The van der Waals surface area contributed by atoms with Crippen LogP contribution in [-0.4, -0.2) is 5.97 Å². The predicted molar refractivity (Wildman–Crippen MR) is 135 cm³/mol. The zero-order chi connectivity index (χ0) is 22.8. The number of carbonyl (C=O) groups is 1. The van der Waals surface area contributed by atoms with Crippen molar-refractivity contribution in [2.24, 2.45) is 11.8 Å². The normalized spacial score (nSPS) is 16.1. The Balaban J connectivity index is 1.51. The Bertz CT molecular complexity index is 857. The summed E-state index contributed by atoms with van der Waals surface area (Å²) < 4.78 is 5.57. The standard InChI is InChI=1S/C30H40O2/c1-4-7-8-24-13-21-29(22-14-24)32-30(31)28-19-17-27(18-20-28)26-15-11-25(12-16-26)10-9-23(5-2)6-3/h13-15,17-23,25H,4-12,16H2,1-3H3. The fraction of sp³-hybridized carbons (Fsp3) is 0.500. The molecule has 2 aromatic carbocycles. The molecule has 1 unspecified atom stereocenters. The Kier molecular flexibility index (Phi) is 9.59. The summed E-state index contributed by atoms with van der Waals surface area (Å²) in [7, 11) is 0. The van der Waals surface area contributed by atoms with Gasteiger partial charge in [0.2, 0.25) is 0 Å². The zero-order valence-corrected chi connectivity index (χ0v) is 20.2. The lowest BCUT2D eigenvalue weighted by Gasteiger charge is -2.24. The number of ether oxygens (including phenoxy) is 1. The lowest BCUT2D eigenvalue weighted by Crippen LogP contribution is -2.09. The summed E-state index contributed by atoms with van der Waals surface area (Å²) in [5, 5.41) is 0. The number of aryl methyl sites for hydroxylation is 1. The molecule has 32 heavy (non-hydrogen) atoms. The van der Waals surface area contributed by atoms with Gasteiger partial charge in [-0.1, -0.05) is 76.8 Å². The van der Waals surface area contributed by atoms with Crippen LogP contribution < -0.4 is 4.74 Å². The summed E-state index contributed by atoms with van der Waals surface area (Å²) in [4.78, 5) is 12.5. The second kappa shape index (κ2) is 12.6. The lowest BCUT2D eigenvalue weighted by molar-refractivity contribution is 0.0734. The maximum atomic E-state index is 12.5. The van der Waals surface area contributed by atoms with Crippen LogP contribution in [0.15, 0.2) is 54.6 Å². The van der Waals surface area contributed by atoms with Gasteiger partial charge < -0.3 is 4.74 Å². The highest BCUT2D eigenvalue weighted by Gasteiger charge is 2.17. The van der Waals surface area contributed by atoms with Crippen LogP contribution >= 0.6 is 0 Å². The molecule has 0 saturated heterocycles. The first-order valence-electron chi connectivity index (χ1n) is 12.7. The van der Waals surface area contributed by atoms with Crippen molar-refractivity contribution in [2.45, 2.75) is 85.0 Å². The molecule has 172 valence electrons. The molecule has 2 heteroatoms. The third-order valence-electron chi connectivity index (χ3n) is 7.10. The predicted octanol–water partition coefficient (Wildman–Crippen LogP) is 8.65. The van der Waals surface area contributed by atoms with E-state index in [1.54, 1.807) is 0 Å².